The monoisotopic (exact) mass is 380 g/mol. The number of carbonyl (C=O) groups excluding carboxylic acids is 2. The Morgan fingerprint density at radius 1 is 1.14 bits per heavy atom. The van der Waals surface area contributed by atoms with Crippen LogP contribution in [0, 0.1) is 5.41 Å². The van der Waals surface area contributed by atoms with Gasteiger partial charge in [-0.3, -0.25) is 9.59 Å². The highest BCUT2D eigenvalue weighted by molar-refractivity contribution is 5.89. The first kappa shape index (κ1) is 20.1. The average molecular weight is 380 g/mol. The lowest BCUT2D eigenvalue weighted by Crippen LogP contribution is -2.21. The molecule has 1 atom stereocenters. The van der Waals surface area contributed by atoms with Crippen LogP contribution in [-0.4, -0.2) is 18.5 Å². The van der Waals surface area contributed by atoms with Crippen molar-refractivity contribution in [3.63, 3.8) is 0 Å². The Hall–Kier alpha value is -2.62. The highest BCUT2D eigenvalue weighted by Crippen LogP contribution is 2.39. The lowest BCUT2D eigenvalue weighted by atomic mass is 9.89. The van der Waals surface area contributed by atoms with Crippen LogP contribution in [0.3, 0.4) is 0 Å². The van der Waals surface area contributed by atoms with Gasteiger partial charge in [0.2, 0.25) is 0 Å². The van der Waals surface area contributed by atoms with E-state index in [1.54, 1.807) is 0 Å². The van der Waals surface area contributed by atoms with Crippen molar-refractivity contribution in [3.8, 4) is 5.75 Å². The van der Waals surface area contributed by atoms with Gasteiger partial charge in [0.15, 0.2) is 0 Å². The summed E-state index contributed by atoms with van der Waals surface area (Å²) in [7, 11) is 0. The molecule has 0 N–H and O–H groups in total. The second-order valence-electron chi connectivity index (χ2n) is 8.21. The Morgan fingerprint density at radius 2 is 1.89 bits per heavy atom. The predicted octanol–water partition coefficient (Wildman–Crippen LogP) is 5.04. The molecular weight excluding hydrogens is 352 g/mol. The van der Waals surface area contributed by atoms with Crippen LogP contribution < -0.4 is 4.74 Å². The zero-order chi connectivity index (χ0) is 20.1. The maximum atomic E-state index is 12.3. The Kier molecular flexibility index (Phi) is 6.18. The van der Waals surface area contributed by atoms with Gasteiger partial charge in [0.25, 0.3) is 0 Å². The fourth-order valence-electron chi connectivity index (χ4n) is 3.67. The third-order valence-electron chi connectivity index (χ3n) is 5.13. The third-order valence-corrected chi connectivity index (χ3v) is 5.13. The van der Waals surface area contributed by atoms with E-state index in [0.29, 0.717) is 25.2 Å². The van der Waals surface area contributed by atoms with E-state index in [2.05, 4.69) is 20.8 Å². The van der Waals surface area contributed by atoms with Crippen molar-refractivity contribution in [1.82, 2.24) is 0 Å². The van der Waals surface area contributed by atoms with Gasteiger partial charge in [0.05, 0.1) is 6.61 Å². The summed E-state index contributed by atoms with van der Waals surface area (Å²) in [4.78, 5) is 24.5. The Morgan fingerprint density at radius 3 is 2.61 bits per heavy atom. The standard InChI is InChI=1S/C24H28O4/c1-4-14-24(2,3)16-27-21(25)13-11-17-10-12-20-19(15-17)22(23(26)28-20)18-8-6-5-7-9-18/h5-10,12,15,22H,4,11,13-14,16H2,1-3H3. The normalized spacial score (nSPS) is 15.8. The van der Waals surface area contributed by atoms with E-state index in [-0.39, 0.29) is 17.4 Å². The lowest BCUT2D eigenvalue weighted by Gasteiger charge is -2.23. The number of carbonyl (C=O) groups is 2. The van der Waals surface area contributed by atoms with Crippen molar-refractivity contribution in [1.29, 1.82) is 0 Å². The fraction of sp³-hybridized carbons (Fsp3) is 0.417. The molecule has 1 aliphatic heterocycles. The zero-order valence-electron chi connectivity index (χ0n) is 16.9. The van der Waals surface area contributed by atoms with Crippen LogP contribution in [-0.2, 0) is 20.7 Å². The molecule has 1 aliphatic rings. The largest absolute Gasteiger partial charge is 0.465 e. The van der Waals surface area contributed by atoms with Gasteiger partial charge >= 0.3 is 11.9 Å². The van der Waals surface area contributed by atoms with Gasteiger partial charge in [-0.15, -0.1) is 0 Å². The van der Waals surface area contributed by atoms with E-state index < -0.39 is 5.92 Å². The zero-order valence-corrected chi connectivity index (χ0v) is 16.9. The highest BCUT2D eigenvalue weighted by atomic mass is 16.5. The molecule has 2 aromatic carbocycles. The number of ether oxygens (including phenoxy) is 2. The van der Waals surface area contributed by atoms with Crippen molar-refractivity contribution < 1.29 is 19.1 Å². The molecule has 0 saturated carbocycles. The molecule has 0 saturated heterocycles. The van der Waals surface area contributed by atoms with E-state index in [1.807, 2.05) is 48.5 Å². The van der Waals surface area contributed by atoms with Crippen molar-refractivity contribution in [2.24, 2.45) is 5.41 Å². The van der Waals surface area contributed by atoms with E-state index >= 15 is 0 Å². The van der Waals surface area contributed by atoms with Crippen LogP contribution in [0.1, 0.15) is 62.6 Å². The Bertz CT molecular complexity index is 839. The van der Waals surface area contributed by atoms with Gasteiger partial charge in [0.1, 0.15) is 11.7 Å². The van der Waals surface area contributed by atoms with Gasteiger partial charge in [-0.1, -0.05) is 69.7 Å². The Balaban J connectivity index is 1.64. The Labute approximate surface area is 166 Å². The number of hydrogen-bond donors (Lipinski definition) is 0. The van der Waals surface area contributed by atoms with Crippen LogP contribution in [0.25, 0.3) is 0 Å². The minimum atomic E-state index is -0.405. The number of benzene rings is 2. The lowest BCUT2D eigenvalue weighted by molar-refractivity contribution is -0.146. The molecule has 1 heterocycles. The fourth-order valence-corrected chi connectivity index (χ4v) is 3.67. The maximum Gasteiger partial charge on any atom is 0.323 e. The van der Waals surface area contributed by atoms with Crippen molar-refractivity contribution >= 4 is 11.9 Å². The van der Waals surface area contributed by atoms with Crippen LogP contribution in [0.4, 0.5) is 0 Å². The molecular formula is C24H28O4. The van der Waals surface area contributed by atoms with Crippen LogP contribution >= 0.6 is 0 Å². The third kappa shape index (κ3) is 4.80. The quantitative estimate of drug-likeness (QED) is 0.476. The first-order valence-corrected chi connectivity index (χ1v) is 9.95. The van der Waals surface area contributed by atoms with Crippen LogP contribution in [0.15, 0.2) is 48.5 Å². The SMILES string of the molecule is CCCC(C)(C)COC(=O)CCc1ccc2c(c1)C(c1ccccc1)C(=O)O2. The summed E-state index contributed by atoms with van der Waals surface area (Å²) in [6, 6.07) is 15.3. The second kappa shape index (κ2) is 8.59. The first-order chi connectivity index (χ1) is 13.4. The smallest absolute Gasteiger partial charge is 0.323 e. The maximum absolute atomic E-state index is 12.3. The first-order valence-electron chi connectivity index (χ1n) is 9.95. The van der Waals surface area contributed by atoms with E-state index in [1.165, 1.54) is 0 Å². The summed E-state index contributed by atoms with van der Waals surface area (Å²) in [6.07, 6.45) is 3.00. The van der Waals surface area contributed by atoms with Crippen LogP contribution in [0.5, 0.6) is 5.75 Å². The van der Waals surface area contributed by atoms with Crippen molar-refractivity contribution in [2.45, 2.75) is 52.4 Å². The molecule has 0 amide bonds. The summed E-state index contributed by atoms with van der Waals surface area (Å²) in [6.45, 7) is 6.81. The average Bonchev–Trinajstić information content (AvgIpc) is 3.00. The molecule has 0 radical (unpaired) electrons. The van der Waals surface area contributed by atoms with E-state index in [9.17, 15) is 9.59 Å². The van der Waals surface area contributed by atoms with Gasteiger partial charge in [-0.25, -0.2) is 0 Å². The van der Waals surface area contributed by atoms with Gasteiger partial charge < -0.3 is 9.47 Å². The molecule has 0 aliphatic carbocycles. The summed E-state index contributed by atoms with van der Waals surface area (Å²) < 4.78 is 10.9. The second-order valence-corrected chi connectivity index (χ2v) is 8.21. The molecule has 0 fully saturated rings. The molecule has 4 nitrogen and oxygen atoms in total. The highest BCUT2D eigenvalue weighted by Gasteiger charge is 2.34. The predicted molar refractivity (Wildman–Crippen MR) is 108 cm³/mol. The molecule has 148 valence electrons. The number of aryl methyl sites for hydroxylation is 1. The molecule has 1 unspecified atom stereocenters. The number of fused-ring (bicyclic) bond motifs is 1. The van der Waals surface area contributed by atoms with E-state index in [4.69, 9.17) is 9.47 Å². The topological polar surface area (TPSA) is 52.6 Å². The van der Waals surface area contributed by atoms with E-state index in [0.717, 1.165) is 29.5 Å². The van der Waals surface area contributed by atoms with Crippen LogP contribution in [0.2, 0.25) is 0 Å². The summed E-state index contributed by atoms with van der Waals surface area (Å²) in [5.41, 5.74) is 2.80. The van der Waals surface area contributed by atoms with Crippen molar-refractivity contribution in [3.05, 3.63) is 65.2 Å². The summed E-state index contributed by atoms with van der Waals surface area (Å²) in [5, 5.41) is 0. The van der Waals surface area contributed by atoms with Gasteiger partial charge in [-0.05, 0) is 35.4 Å². The molecule has 0 bridgehead atoms. The number of esters is 2. The molecule has 0 aromatic heterocycles. The molecule has 4 heteroatoms. The molecule has 28 heavy (non-hydrogen) atoms. The molecule has 0 spiro atoms. The van der Waals surface area contributed by atoms with Gasteiger partial charge in [-0.2, -0.15) is 0 Å². The number of rotatable bonds is 8. The summed E-state index contributed by atoms with van der Waals surface area (Å²) >= 11 is 0. The van der Waals surface area contributed by atoms with Crippen molar-refractivity contribution in [2.75, 3.05) is 6.61 Å². The minimum Gasteiger partial charge on any atom is -0.465 e. The summed E-state index contributed by atoms with van der Waals surface area (Å²) in [5.74, 6) is -0.239. The minimum absolute atomic E-state index is 0.0125. The van der Waals surface area contributed by atoms with Gasteiger partial charge in [0, 0.05) is 12.0 Å². The number of hydrogen-bond acceptors (Lipinski definition) is 4. The molecule has 3 rings (SSSR count). The molecule has 2 aromatic rings.